The Morgan fingerprint density at radius 1 is 0.824 bits per heavy atom. The van der Waals surface area contributed by atoms with Crippen molar-refractivity contribution in [3.63, 3.8) is 0 Å². The highest BCUT2D eigenvalue weighted by molar-refractivity contribution is 7.26. The van der Waals surface area contributed by atoms with E-state index in [9.17, 15) is 0 Å². The van der Waals surface area contributed by atoms with Crippen LogP contribution in [0.25, 0.3) is 30.9 Å². The molecule has 0 bridgehead atoms. The molecule has 0 fully saturated rings. The molecule has 1 aromatic heterocycles. The Morgan fingerprint density at radius 2 is 1.59 bits per heavy atom. The van der Waals surface area contributed by atoms with E-state index in [0.29, 0.717) is 0 Å². The van der Waals surface area contributed by atoms with Crippen LogP contribution in [0.15, 0.2) is 54.6 Å². The zero-order valence-electron chi connectivity index (χ0n) is 9.10. The van der Waals surface area contributed by atoms with Crippen LogP contribution in [0.5, 0.6) is 0 Å². The van der Waals surface area contributed by atoms with Gasteiger partial charge in [0.1, 0.15) is 0 Å². The molecule has 3 aromatic carbocycles. The minimum atomic E-state index is 1.25. The number of rotatable bonds is 0. The Bertz CT molecular complexity index is 840. The van der Waals surface area contributed by atoms with Crippen molar-refractivity contribution in [2.24, 2.45) is 0 Å². The van der Waals surface area contributed by atoms with E-state index in [-0.39, 0.29) is 0 Å². The van der Waals surface area contributed by atoms with Gasteiger partial charge in [-0.3, -0.25) is 0 Å². The number of hydrogen-bond acceptors (Lipinski definition) is 1. The second-order valence-corrected chi connectivity index (χ2v) is 5.23. The third-order valence-corrected chi connectivity index (χ3v) is 4.38. The van der Waals surface area contributed by atoms with E-state index >= 15 is 0 Å². The molecule has 0 aliphatic carbocycles. The van der Waals surface area contributed by atoms with E-state index in [1.807, 2.05) is 11.3 Å². The van der Waals surface area contributed by atoms with Gasteiger partial charge in [0, 0.05) is 20.2 Å². The van der Waals surface area contributed by atoms with Crippen molar-refractivity contribution in [1.29, 1.82) is 0 Å². The fourth-order valence-corrected chi connectivity index (χ4v) is 3.57. The predicted molar refractivity (Wildman–Crippen MR) is 75.7 cm³/mol. The fourth-order valence-electron chi connectivity index (χ4n) is 2.36. The van der Waals surface area contributed by atoms with E-state index in [1.165, 1.54) is 30.9 Å². The minimum Gasteiger partial charge on any atom is -0.135 e. The van der Waals surface area contributed by atoms with Gasteiger partial charge in [0.25, 0.3) is 0 Å². The van der Waals surface area contributed by atoms with Crippen molar-refractivity contribution in [3.05, 3.63) is 60.7 Å². The van der Waals surface area contributed by atoms with Crippen LogP contribution in [-0.2, 0) is 0 Å². The second-order valence-electron chi connectivity index (χ2n) is 4.18. The summed E-state index contributed by atoms with van der Waals surface area (Å²) in [5.41, 5.74) is 0. The lowest BCUT2D eigenvalue weighted by Gasteiger charge is -1.97. The van der Waals surface area contributed by atoms with Crippen molar-refractivity contribution in [2.45, 2.75) is 0 Å². The summed E-state index contributed by atoms with van der Waals surface area (Å²) in [5.74, 6) is 0. The number of fused-ring (bicyclic) bond motifs is 5. The van der Waals surface area contributed by atoms with Crippen LogP contribution in [0, 0.1) is 6.07 Å². The third kappa shape index (κ3) is 1.23. The molecule has 0 spiro atoms. The van der Waals surface area contributed by atoms with Gasteiger partial charge >= 0.3 is 0 Å². The largest absolute Gasteiger partial charge is 0.135 e. The van der Waals surface area contributed by atoms with Crippen LogP contribution in [0.4, 0.5) is 0 Å². The first-order chi connectivity index (χ1) is 8.43. The van der Waals surface area contributed by atoms with E-state index in [2.05, 4.69) is 60.7 Å². The molecule has 1 heteroatoms. The Labute approximate surface area is 103 Å². The molecule has 0 aliphatic rings. The Kier molecular flexibility index (Phi) is 1.79. The summed E-state index contributed by atoms with van der Waals surface area (Å²) < 4.78 is 2.69. The van der Waals surface area contributed by atoms with Gasteiger partial charge in [-0.1, -0.05) is 42.5 Å². The molecule has 1 heterocycles. The molecule has 0 amide bonds. The predicted octanol–water partition coefficient (Wildman–Crippen LogP) is 5.01. The van der Waals surface area contributed by atoms with Crippen LogP contribution >= 0.6 is 11.3 Å². The molecule has 4 aromatic rings. The van der Waals surface area contributed by atoms with E-state index in [1.54, 1.807) is 0 Å². The van der Waals surface area contributed by atoms with Gasteiger partial charge in [-0.25, -0.2) is 0 Å². The average molecular weight is 233 g/mol. The van der Waals surface area contributed by atoms with Crippen molar-refractivity contribution < 1.29 is 0 Å². The monoisotopic (exact) mass is 233 g/mol. The standard InChI is InChI=1S/C16H9S/c1-2-6-12-11(5-1)9-10-14-13-7-3-4-8-15(13)17-16(12)14/h1-9H. The number of thiophene rings is 1. The lowest BCUT2D eigenvalue weighted by molar-refractivity contribution is 1.81. The van der Waals surface area contributed by atoms with Gasteiger partial charge in [-0.2, -0.15) is 0 Å². The molecule has 1 radical (unpaired) electrons. The quantitative estimate of drug-likeness (QED) is 0.400. The summed E-state index contributed by atoms with van der Waals surface area (Å²) >= 11 is 1.86. The number of benzene rings is 3. The van der Waals surface area contributed by atoms with Gasteiger partial charge in [0.2, 0.25) is 0 Å². The lowest BCUT2D eigenvalue weighted by atomic mass is 10.1. The zero-order valence-corrected chi connectivity index (χ0v) is 9.92. The smallest absolute Gasteiger partial charge is 0.0440 e. The van der Waals surface area contributed by atoms with Gasteiger partial charge < -0.3 is 0 Å². The SMILES string of the molecule is [c]1cc2ccccc2c2sc3ccccc3c12. The maximum Gasteiger partial charge on any atom is 0.0440 e. The first kappa shape index (κ1) is 9.20. The molecule has 0 atom stereocenters. The first-order valence-electron chi connectivity index (χ1n) is 5.64. The topological polar surface area (TPSA) is 0 Å². The highest BCUT2D eigenvalue weighted by atomic mass is 32.1. The maximum absolute atomic E-state index is 3.43. The van der Waals surface area contributed by atoms with Gasteiger partial charge in [-0.15, -0.1) is 11.3 Å². The summed E-state index contributed by atoms with van der Waals surface area (Å²) in [6, 6.07) is 22.6. The molecule has 0 nitrogen and oxygen atoms in total. The van der Waals surface area contributed by atoms with Crippen molar-refractivity contribution in [2.75, 3.05) is 0 Å². The second kappa shape index (κ2) is 3.31. The van der Waals surface area contributed by atoms with E-state index < -0.39 is 0 Å². The van der Waals surface area contributed by atoms with Crippen LogP contribution in [0.1, 0.15) is 0 Å². The van der Waals surface area contributed by atoms with Crippen LogP contribution < -0.4 is 0 Å². The summed E-state index contributed by atoms with van der Waals surface area (Å²) in [4.78, 5) is 0. The molecular formula is C16H9S. The van der Waals surface area contributed by atoms with Gasteiger partial charge in [0.05, 0.1) is 0 Å². The Balaban J connectivity index is 2.34. The van der Waals surface area contributed by atoms with Crippen molar-refractivity contribution in [3.8, 4) is 0 Å². The molecule has 17 heavy (non-hydrogen) atoms. The zero-order chi connectivity index (χ0) is 11.2. The number of hydrogen-bond donors (Lipinski definition) is 0. The lowest BCUT2D eigenvalue weighted by Crippen LogP contribution is -1.72. The molecule has 0 saturated heterocycles. The highest BCUT2D eigenvalue weighted by Crippen LogP contribution is 2.37. The average Bonchev–Trinajstić information content (AvgIpc) is 2.78. The first-order valence-corrected chi connectivity index (χ1v) is 6.46. The molecule has 4 rings (SSSR count). The molecule has 0 N–H and O–H groups in total. The summed E-state index contributed by atoms with van der Waals surface area (Å²) in [7, 11) is 0. The van der Waals surface area contributed by atoms with Crippen LogP contribution in [-0.4, -0.2) is 0 Å². The van der Waals surface area contributed by atoms with Crippen molar-refractivity contribution >= 4 is 42.3 Å². The summed E-state index contributed by atoms with van der Waals surface area (Å²) in [6.45, 7) is 0. The Morgan fingerprint density at radius 3 is 2.53 bits per heavy atom. The Hall–Kier alpha value is -1.86. The molecule has 0 unspecified atom stereocenters. The van der Waals surface area contributed by atoms with E-state index in [4.69, 9.17) is 0 Å². The minimum absolute atomic E-state index is 1.25. The highest BCUT2D eigenvalue weighted by Gasteiger charge is 2.07. The van der Waals surface area contributed by atoms with E-state index in [0.717, 1.165) is 0 Å². The van der Waals surface area contributed by atoms with Gasteiger partial charge in [-0.05, 0) is 29.0 Å². The fraction of sp³-hybridized carbons (Fsp3) is 0. The normalized spacial score (nSPS) is 11.5. The molecule has 79 valence electrons. The maximum atomic E-state index is 3.43. The van der Waals surface area contributed by atoms with Crippen LogP contribution in [0.3, 0.4) is 0 Å². The third-order valence-electron chi connectivity index (χ3n) is 3.17. The van der Waals surface area contributed by atoms with Gasteiger partial charge in [0.15, 0.2) is 0 Å². The van der Waals surface area contributed by atoms with Crippen LogP contribution in [0.2, 0.25) is 0 Å². The molecular weight excluding hydrogens is 224 g/mol. The summed E-state index contributed by atoms with van der Waals surface area (Å²) in [6.07, 6.45) is 0. The van der Waals surface area contributed by atoms with Crippen molar-refractivity contribution in [1.82, 2.24) is 0 Å². The molecule has 0 saturated carbocycles. The molecule has 0 aliphatic heterocycles. The summed E-state index contributed by atoms with van der Waals surface area (Å²) in [5, 5.41) is 5.18.